The Morgan fingerprint density at radius 1 is 1.04 bits per heavy atom. The number of carbonyl (C=O) groups excluding carboxylic acids is 1. The van der Waals surface area contributed by atoms with E-state index in [0.29, 0.717) is 23.7 Å². The summed E-state index contributed by atoms with van der Waals surface area (Å²) < 4.78 is 43.7. The zero-order chi connectivity index (χ0) is 20.7. The van der Waals surface area contributed by atoms with Crippen LogP contribution in [0.25, 0.3) is 0 Å². The number of sulfonamides is 1. The molecule has 0 spiro atoms. The van der Waals surface area contributed by atoms with E-state index in [-0.39, 0.29) is 16.6 Å². The molecular formula is C19H24N2O6S. The second-order valence-corrected chi connectivity index (χ2v) is 7.44. The van der Waals surface area contributed by atoms with E-state index in [2.05, 4.69) is 10.0 Å². The minimum absolute atomic E-state index is 0.104. The molecule has 1 atom stereocenters. The molecule has 0 bridgehead atoms. The first kappa shape index (κ1) is 21.5. The van der Waals surface area contributed by atoms with Crippen LogP contribution in [-0.4, -0.2) is 41.3 Å². The maximum absolute atomic E-state index is 12.9. The highest BCUT2D eigenvalue weighted by molar-refractivity contribution is 7.92. The molecule has 0 fully saturated rings. The summed E-state index contributed by atoms with van der Waals surface area (Å²) in [6, 6.07) is 10.8. The number of carbonyl (C=O) groups is 1. The number of hydrogen-bond donors (Lipinski definition) is 2. The molecule has 8 nitrogen and oxygen atoms in total. The highest BCUT2D eigenvalue weighted by Crippen LogP contribution is 2.29. The van der Waals surface area contributed by atoms with Gasteiger partial charge in [-0.15, -0.1) is 0 Å². The van der Waals surface area contributed by atoms with Crippen LogP contribution in [0.3, 0.4) is 0 Å². The van der Waals surface area contributed by atoms with Gasteiger partial charge < -0.3 is 19.5 Å². The molecular weight excluding hydrogens is 384 g/mol. The van der Waals surface area contributed by atoms with Crippen LogP contribution < -0.4 is 19.5 Å². The Balaban J connectivity index is 2.29. The molecule has 0 aromatic heterocycles. The first-order valence-corrected chi connectivity index (χ1v) is 10.1. The Kier molecular flexibility index (Phi) is 7.24. The Hall–Kier alpha value is -2.78. The van der Waals surface area contributed by atoms with E-state index in [9.17, 15) is 13.2 Å². The first-order valence-electron chi connectivity index (χ1n) is 8.58. The summed E-state index contributed by atoms with van der Waals surface area (Å²) in [6.45, 7) is 3.79. The molecule has 0 aliphatic carbocycles. The predicted molar refractivity (Wildman–Crippen MR) is 107 cm³/mol. The van der Waals surface area contributed by atoms with E-state index in [1.807, 2.05) is 0 Å². The van der Waals surface area contributed by atoms with Gasteiger partial charge in [-0.1, -0.05) is 0 Å². The fraction of sp³-hybridized carbons (Fsp3) is 0.316. The summed E-state index contributed by atoms with van der Waals surface area (Å²) in [7, 11) is -1.07. The largest absolute Gasteiger partial charge is 0.497 e. The van der Waals surface area contributed by atoms with Crippen molar-refractivity contribution in [2.24, 2.45) is 0 Å². The van der Waals surface area contributed by atoms with Crippen molar-refractivity contribution in [3.05, 3.63) is 42.5 Å². The molecule has 0 heterocycles. The Morgan fingerprint density at radius 2 is 1.68 bits per heavy atom. The second-order valence-electron chi connectivity index (χ2n) is 5.79. The zero-order valence-electron chi connectivity index (χ0n) is 16.2. The van der Waals surface area contributed by atoms with Gasteiger partial charge in [-0.05, 0) is 56.3 Å². The topological polar surface area (TPSA) is 103 Å². The van der Waals surface area contributed by atoms with Crippen LogP contribution in [0.5, 0.6) is 11.5 Å². The highest BCUT2D eigenvalue weighted by Gasteiger charge is 2.22. The van der Waals surface area contributed by atoms with Crippen LogP contribution in [0, 0.1) is 0 Å². The third-order valence-corrected chi connectivity index (χ3v) is 5.25. The van der Waals surface area contributed by atoms with E-state index in [1.165, 1.54) is 26.4 Å². The molecule has 0 saturated heterocycles. The predicted octanol–water partition coefficient (Wildman–Crippen LogP) is 2.87. The molecule has 1 unspecified atom stereocenters. The van der Waals surface area contributed by atoms with Crippen molar-refractivity contribution < 1.29 is 27.4 Å². The summed E-state index contributed by atoms with van der Waals surface area (Å²) in [6.07, 6.45) is -0.662. The third kappa shape index (κ3) is 5.37. The van der Waals surface area contributed by atoms with Crippen molar-refractivity contribution in [3.8, 4) is 11.5 Å². The van der Waals surface area contributed by atoms with Gasteiger partial charge in [-0.2, -0.15) is 0 Å². The van der Waals surface area contributed by atoms with Gasteiger partial charge in [0.05, 0.1) is 14.2 Å². The van der Waals surface area contributed by atoms with Gasteiger partial charge in [-0.25, -0.2) is 8.42 Å². The minimum atomic E-state index is -3.96. The number of methoxy groups -OCH3 is 2. The number of nitrogens with one attached hydrogen (secondary N) is 2. The molecule has 1 amide bonds. The second kappa shape index (κ2) is 9.43. The molecule has 2 aromatic rings. The van der Waals surface area contributed by atoms with Gasteiger partial charge in [0, 0.05) is 18.0 Å². The van der Waals surface area contributed by atoms with E-state index >= 15 is 0 Å². The van der Waals surface area contributed by atoms with Crippen LogP contribution in [0.4, 0.5) is 11.4 Å². The molecule has 2 aromatic carbocycles. The highest BCUT2D eigenvalue weighted by atomic mass is 32.2. The molecule has 28 heavy (non-hydrogen) atoms. The van der Waals surface area contributed by atoms with Gasteiger partial charge in [0.1, 0.15) is 22.5 Å². The van der Waals surface area contributed by atoms with Crippen molar-refractivity contribution in [2.45, 2.75) is 24.8 Å². The summed E-state index contributed by atoms with van der Waals surface area (Å²) in [5.74, 6) is 0.379. The molecule has 152 valence electrons. The molecule has 0 radical (unpaired) electrons. The average Bonchev–Trinajstić information content (AvgIpc) is 2.68. The van der Waals surface area contributed by atoms with Gasteiger partial charge in [0.25, 0.3) is 15.9 Å². The van der Waals surface area contributed by atoms with Crippen molar-refractivity contribution in [1.29, 1.82) is 0 Å². The normalized spacial score (nSPS) is 12.1. The monoisotopic (exact) mass is 408 g/mol. The van der Waals surface area contributed by atoms with E-state index < -0.39 is 16.1 Å². The summed E-state index contributed by atoms with van der Waals surface area (Å²) in [4.78, 5) is 12.0. The Labute approximate surface area is 164 Å². The number of anilines is 2. The van der Waals surface area contributed by atoms with E-state index in [4.69, 9.17) is 14.2 Å². The van der Waals surface area contributed by atoms with Gasteiger partial charge in [0.15, 0.2) is 0 Å². The van der Waals surface area contributed by atoms with Crippen LogP contribution in [0.1, 0.15) is 13.8 Å². The molecule has 0 aliphatic rings. The lowest BCUT2D eigenvalue weighted by molar-refractivity contribution is -0.126. The van der Waals surface area contributed by atoms with Crippen LogP contribution in [0.15, 0.2) is 47.4 Å². The Bertz CT molecular complexity index is 913. The van der Waals surface area contributed by atoms with Crippen molar-refractivity contribution >= 4 is 27.3 Å². The van der Waals surface area contributed by atoms with Gasteiger partial charge in [0.2, 0.25) is 0 Å². The summed E-state index contributed by atoms with van der Waals surface area (Å²) in [5, 5.41) is 2.64. The average molecular weight is 408 g/mol. The van der Waals surface area contributed by atoms with Crippen molar-refractivity contribution in [2.75, 3.05) is 30.9 Å². The fourth-order valence-electron chi connectivity index (χ4n) is 2.40. The van der Waals surface area contributed by atoms with E-state index in [1.54, 1.807) is 44.2 Å². The number of rotatable bonds is 9. The third-order valence-electron chi connectivity index (χ3n) is 3.85. The van der Waals surface area contributed by atoms with Crippen LogP contribution in [0.2, 0.25) is 0 Å². The number of hydrogen-bond acceptors (Lipinski definition) is 6. The van der Waals surface area contributed by atoms with Crippen LogP contribution >= 0.6 is 0 Å². The van der Waals surface area contributed by atoms with E-state index in [0.717, 1.165) is 0 Å². The van der Waals surface area contributed by atoms with Crippen molar-refractivity contribution in [3.63, 3.8) is 0 Å². The molecule has 0 saturated carbocycles. The first-order chi connectivity index (χ1) is 13.3. The SMILES string of the molecule is CCOC(C)C(=O)Nc1ccc(OC)c(S(=O)(=O)Nc2ccc(OC)cc2)c1. The minimum Gasteiger partial charge on any atom is -0.497 e. The maximum atomic E-state index is 12.9. The van der Waals surface area contributed by atoms with Crippen LogP contribution in [-0.2, 0) is 19.6 Å². The lowest BCUT2D eigenvalue weighted by Gasteiger charge is -2.15. The number of amides is 1. The number of ether oxygens (including phenoxy) is 3. The lowest BCUT2D eigenvalue weighted by atomic mass is 10.3. The summed E-state index contributed by atoms with van der Waals surface area (Å²) >= 11 is 0. The fourth-order valence-corrected chi connectivity index (χ4v) is 3.66. The Morgan fingerprint density at radius 3 is 2.25 bits per heavy atom. The zero-order valence-corrected chi connectivity index (χ0v) is 17.0. The maximum Gasteiger partial charge on any atom is 0.265 e. The molecule has 2 N–H and O–H groups in total. The summed E-state index contributed by atoms with van der Waals surface area (Å²) in [5.41, 5.74) is 0.676. The van der Waals surface area contributed by atoms with Crippen molar-refractivity contribution in [1.82, 2.24) is 0 Å². The van der Waals surface area contributed by atoms with Gasteiger partial charge >= 0.3 is 0 Å². The lowest BCUT2D eigenvalue weighted by Crippen LogP contribution is -2.27. The molecule has 2 rings (SSSR count). The molecule has 0 aliphatic heterocycles. The van der Waals surface area contributed by atoms with Gasteiger partial charge in [-0.3, -0.25) is 9.52 Å². The number of benzene rings is 2. The smallest absolute Gasteiger partial charge is 0.265 e. The standard InChI is InChI=1S/C19H24N2O6S/c1-5-27-13(2)19(22)20-15-8-11-17(26-4)18(12-15)28(23,24)21-14-6-9-16(25-3)10-7-14/h6-13,21H,5H2,1-4H3,(H,20,22). The molecule has 9 heteroatoms. The quantitative estimate of drug-likeness (QED) is 0.661.